The number of amides is 1. The fourth-order valence-corrected chi connectivity index (χ4v) is 1.85. The fraction of sp³-hybridized carbons (Fsp3) is 0.438. The van der Waals surface area contributed by atoms with E-state index < -0.39 is 0 Å². The second-order valence-electron chi connectivity index (χ2n) is 4.71. The molecule has 0 saturated heterocycles. The van der Waals surface area contributed by atoms with E-state index in [-0.39, 0.29) is 11.8 Å². The number of carbonyl (C=O) groups is 1. The summed E-state index contributed by atoms with van der Waals surface area (Å²) in [6.45, 7) is 6.36. The number of carbonyl (C=O) groups excluding carboxylic acids is 1. The predicted octanol–water partition coefficient (Wildman–Crippen LogP) is 2.68. The van der Waals surface area contributed by atoms with Crippen molar-refractivity contribution in [3.63, 3.8) is 0 Å². The van der Waals surface area contributed by atoms with Crippen LogP contribution >= 0.6 is 0 Å². The minimum atomic E-state index is 0.0427. The van der Waals surface area contributed by atoms with Gasteiger partial charge in [-0.25, -0.2) is 0 Å². The first kappa shape index (κ1) is 15.3. The van der Waals surface area contributed by atoms with Gasteiger partial charge in [0, 0.05) is 17.2 Å². The van der Waals surface area contributed by atoms with Crippen LogP contribution in [0.1, 0.15) is 37.8 Å². The number of nitrogens with one attached hydrogen (secondary N) is 1. The Morgan fingerprint density at radius 2 is 2.21 bits per heavy atom. The van der Waals surface area contributed by atoms with Crippen LogP contribution in [0.5, 0.6) is 0 Å². The third-order valence-electron chi connectivity index (χ3n) is 2.99. The highest BCUT2D eigenvalue weighted by Gasteiger charge is 2.12. The minimum absolute atomic E-state index is 0.0427. The number of aryl methyl sites for hydroxylation is 1. The lowest BCUT2D eigenvalue weighted by Gasteiger charge is -2.13. The van der Waals surface area contributed by atoms with Crippen molar-refractivity contribution in [1.29, 1.82) is 0 Å². The highest BCUT2D eigenvalue weighted by atomic mass is 16.1. The van der Waals surface area contributed by atoms with Gasteiger partial charge in [0.05, 0.1) is 6.54 Å². The second kappa shape index (κ2) is 7.60. The van der Waals surface area contributed by atoms with Gasteiger partial charge in [0.25, 0.3) is 0 Å². The van der Waals surface area contributed by atoms with Crippen molar-refractivity contribution in [2.75, 3.05) is 11.9 Å². The Balaban J connectivity index is 2.77. The summed E-state index contributed by atoms with van der Waals surface area (Å²) in [4.78, 5) is 12.0. The Morgan fingerprint density at radius 1 is 1.47 bits per heavy atom. The van der Waals surface area contributed by atoms with Crippen molar-refractivity contribution in [2.24, 2.45) is 11.7 Å². The van der Waals surface area contributed by atoms with Crippen molar-refractivity contribution in [3.05, 3.63) is 29.3 Å². The van der Waals surface area contributed by atoms with Gasteiger partial charge in [0.2, 0.25) is 5.91 Å². The van der Waals surface area contributed by atoms with Crippen LogP contribution in [0.15, 0.2) is 18.2 Å². The van der Waals surface area contributed by atoms with Crippen LogP contribution in [-0.4, -0.2) is 12.5 Å². The zero-order valence-corrected chi connectivity index (χ0v) is 11.9. The summed E-state index contributed by atoms with van der Waals surface area (Å²) >= 11 is 0. The largest absolute Gasteiger partial charge is 0.326 e. The summed E-state index contributed by atoms with van der Waals surface area (Å²) in [6.07, 6.45) is 1.92. The zero-order chi connectivity index (χ0) is 14.3. The van der Waals surface area contributed by atoms with Gasteiger partial charge in [-0.15, -0.1) is 0 Å². The van der Waals surface area contributed by atoms with Gasteiger partial charge in [0.1, 0.15) is 0 Å². The second-order valence-corrected chi connectivity index (χ2v) is 4.71. The molecule has 0 radical (unpaired) electrons. The average molecular weight is 258 g/mol. The summed E-state index contributed by atoms with van der Waals surface area (Å²) in [5.41, 5.74) is 8.13. The standard InChI is InChI=1S/C16H22N2O/c1-4-6-12(2)16(19)18-15-9-8-14(7-5-10-17)11-13(15)3/h8-9,11-12H,4,6,10,17H2,1-3H3,(H,18,19). The molecule has 19 heavy (non-hydrogen) atoms. The van der Waals surface area contributed by atoms with Crippen LogP contribution in [0.3, 0.4) is 0 Å². The molecule has 0 fully saturated rings. The van der Waals surface area contributed by atoms with E-state index in [0.29, 0.717) is 6.54 Å². The quantitative estimate of drug-likeness (QED) is 0.816. The summed E-state index contributed by atoms with van der Waals surface area (Å²) < 4.78 is 0. The lowest BCUT2D eigenvalue weighted by atomic mass is 10.0. The summed E-state index contributed by atoms with van der Waals surface area (Å²) in [5, 5.41) is 2.97. The van der Waals surface area contributed by atoms with E-state index in [1.54, 1.807) is 0 Å². The van der Waals surface area contributed by atoms with Crippen molar-refractivity contribution in [3.8, 4) is 11.8 Å². The lowest BCUT2D eigenvalue weighted by molar-refractivity contribution is -0.119. The molecule has 0 aliphatic carbocycles. The van der Waals surface area contributed by atoms with Crippen molar-refractivity contribution in [2.45, 2.75) is 33.6 Å². The molecular weight excluding hydrogens is 236 g/mol. The summed E-state index contributed by atoms with van der Waals surface area (Å²) in [6, 6.07) is 5.75. The molecule has 0 aliphatic rings. The van der Waals surface area contributed by atoms with Gasteiger partial charge in [0.15, 0.2) is 0 Å². The van der Waals surface area contributed by atoms with E-state index in [4.69, 9.17) is 5.73 Å². The fourth-order valence-electron chi connectivity index (χ4n) is 1.85. The Hall–Kier alpha value is -1.79. The Bertz CT molecular complexity index is 497. The van der Waals surface area contributed by atoms with Crippen LogP contribution in [0.2, 0.25) is 0 Å². The first-order valence-corrected chi connectivity index (χ1v) is 6.69. The number of rotatable bonds is 4. The molecule has 1 atom stereocenters. The smallest absolute Gasteiger partial charge is 0.227 e. The number of benzene rings is 1. The van der Waals surface area contributed by atoms with Gasteiger partial charge >= 0.3 is 0 Å². The number of anilines is 1. The molecular formula is C16H22N2O. The van der Waals surface area contributed by atoms with E-state index in [9.17, 15) is 4.79 Å². The molecule has 0 heterocycles. The molecule has 102 valence electrons. The first-order chi connectivity index (χ1) is 9.08. The van der Waals surface area contributed by atoms with Crippen LogP contribution in [0.4, 0.5) is 5.69 Å². The van der Waals surface area contributed by atoms with E-state index in [2.05, 4.69) is 24.1 Å². The number of hydrogen-bond donors (Lipinski definition) is 2. The third-order valence-corrected chi connectivity index (χ3v) is 2.99. The predicted molar refractivity (Wildman–Crippen MR) is 79.8 cm³/mol. The maximum Gasteiger partial charge on any atom is 0.227 e. The van der Waals surface area contributed by atoms with Crippen LogP contribution in [-0.2, 0) is 4.79 Å². The van der Waals surface area contributed by atoms with Gasteiger partial charge in [-0.2, -0.15) is 0 Å². The van der Waals surface area contributed by atoms with Crippen LogP contribution < -0.4 is 11.1 Å². The molecule has 3 heteroatoms. The van der Waals surface area contributed by atoms with Crippen molar-refractivity contribution >= 4 is 11.6 Å². The van der Waals surface area contributed by atoms with E-state index in [1.165, 1.54) is 0 Å². The third kappa shape index (κ3) is 4.76. The molecule has 1 aromatic carbocycles. The highest BCUT2D eigenvalue weighted by molar-refractivity contribution is 5.93. The molecule has 1 aromatic rings. The first-order valence-electron chi connectivity index (χ1n) is 6.69. The molecule has 0 saturated carbocycles. The SMILES string of the molecule is CCCC(C)C(=O)Nc1ccc(C#CCN)cc1C. The summed E-state index contributed by atoms with van der Waals surface area (Å²) in [5.74, 6) is 5.92. The molecule has 0 aliphatic heterocycles. The van der Waals surface area contributed by atoms with E-state index in [1.807, 2.05) is 32.0 Å². The van der Waals surface area contributed by atoms with E-state index in [0.717, 1.165) is 29.7 Å². The Morgan fingerprint density at radius 3 is 2.79 bits per heavy atom. The van der Waals surface area contributed by atoms with E-state index >= 15 is 0 Å². The van der Waals surface area contributed by atoms with Crippen LogP contribution in [0, 0.1) is 24.7 Å². The number of hydrogen-bond acceptors (Lipinski definition) is 2. The Kier molecular flexibility index (Phi) is 6.11. The monoisotopic (exact) mass is 258 g/mol. The topological polar surface area (TPSA) is 55.1 Å². The van der Waals surface area contributed by atoms with Crippen molar-refractivity contribution in [1.82, 2.24) is 0 Å². The maximum absolute atomic E-state index is 12.0. The molecule has 1 rings (SSSR count). The zero-order valence-electron chi connectivity index (χ0n) is 11.9. The molecule has 3 nitrogen and oxygen atoms in total. The van der Waals surface area contributed by atoms with Crippen molar-refractivity contribution < 1.29 is 4.79 Å². The molecule has 3 N–H and O–H groups in total. The number of nitrogens with two attached hydrogens (primary N) is 1. The van der Waals surface area contributed by atoms with Gasteiger partial charge in [-0.3, -0.25) is 4.79 Å². The molecule has 0 bridgehead atoms. The molecule has 1 unspecified atom stereocenters. The maximum atomic E-state index is 12.0. The minimum Gasteiger partial charge on any atom is -0.326 e. The van der Waals surface area contributed by atoms with Gasteiger partial charge < -0.3 is 11.1 Å². The van der Waals surface area contributed by atoms with Gasteiger partial charge in [-0.05, 0) is 37.1 Å². The van der Waals surface area contributed by atoms with Gasteiger partial charge in [-0.1, -0.05) is 32.1 Å². The average Bonchev–Trinajstić information content (AvgIpc) is 2.39. The van der Waals surface area contributed by atoms with Crippen LogP contribution in [0.25, 0.3) is 0 Å². The summed E-state index contributed by atoms with van der Waals surface area (Å²) in [7, 11) is 0. The lowest BCUT2D eigenvalue weighted by Crippen LogP contribution is -2.20. The normalized spacial score (nSPS) is 11.4. The molecule has 0 spiro atoms. The molecule has 0 aromatic heterocycles. The molecule has 1 amide bonds. The Labute approximate surface area is 115 Å². The highest BCUT2D eigenvalue weighted by Crippen LogP contribution is 2.18.